The Balaban J connectivity index is 1.92. The molecule has 3 heterocycles. The second-order valence-electron chi connectivity index (χ2n) is 5.61. The molecule has 0 spiro atoms. The molecule has 1 aromatic heterocycles. The van der Waals surface area contributed by atoms with E-state index in [1.807, 2.05) is 0 Å². The third-order valence-corrected chi connectivity index (χ3v) is 4.57. The Hall–Kier alpha value is -0.785. The van der Waals surface area contributed by atoms with Crippen molar-refractivity contribution < 1.29 is 0 Å². The molecule has 1 aromatic rings. The summed E-state index contributed by atoms with van der Waals surface area (Å²) in [5.41, 5.74) is 2.57. The van der Waals surface area contributed by atoms with Crippen LogP contribution >= 0.6 is 0 Å². The molecule has 84 valence electrons. The van der Waals surface area contributed by atoms with E-state index in [9.17, 15) is 0 Å². The highest BCUT2D eigenvalue weighted by molar-refractivity contribution is 6.75. The van der Waals surface area contributed by atoms with Crippen LogP contribution < -0.4 is 5.59 Å². The molecule has 1 nitrogen and oxygen atoms in total. The van der Waals surface area contributed by atoms with Crippen LogP contribution in [0.4, 0.5) is 0 Å². The predicted octanol–water partition coefficient (Wildman–Crippen LogP) is 3.20. The molecule has 2 aliphatic rings. The number of pyridine rings is 1. The van der Waals surface area contributed by atoms with Crippen molar-refractivity contribution in [3.8, 4) is 0 Å². The van der Waals surface area contributed by atoms with Crippen molar-refractivity contribution in [2.45, 2.75) is 57.1 Å². The molecule has 16 heavy (non-hydrogen) atoms. The highest BCUT2D eigenvalue weighted by Crippen LogP contribution is 2.45. The lowest BCUT2D eigenvalue weighted by Crippen LogP contribution is -2.45. The van der Waals surface area contributed by atoms with E-state index in [-0.39, 0.29) is 0 Å². The number of nitrogens with zero attached hydrogens (tertiary/aromatic N) is 1. The molecule has 2 saturated heterocycles. The molecule has 0 aliphatic carbocycles. The largest absolute Gasteiger partial charge is 0.268 e. The minimum Gasteiger partial charge on any atom is -0.268 e. The normalized spacial score (nSPS) is 29.2. The van der Waals surface area contributed by atoms with Crippen LogP contribution in [0.2, 0.25) is 11.6 Å². The summed E-state index contributed by atoms with van der Waals surface area (Å²) in [5, 5.41) is 0. The molecule has 3 rings (SSSR count). The van der Waals surface area contributed by atoms with Gasteiger partial charge in [0.2, 0.25) is 6.71 Å². The highest BCUT2D eigenvalue weighted by atomic mass is 14.7. The van der Waals surface area contributed by atoms with E-state index in [1.165, 1.54) is 49.8 Å². The lowest BCUT2D eigenvalue weighted by Gasteiger charge is -2.40. The van der Waals surface area contributed by atoms with Crippen LogP contribution in [0.1, 0.15) is 44.2 Å². The standard InChI is InChI=1S/C14H20BN/c1-11-5-2-10-14(16-11)15-12-6-3-7-13(15)9-4-8-12/h2,5,10,12-13H,3-4,6-9H2,1H3. The summed E-state index contributed by atoms with van der Waals surface area (Å²) in [6, 6.07) is 6.55. The summed E-state index contributed by atoms with van der Waals surface area (Å²) in [5.74, 6) is 1.86. The quantitative estimate of drug-likeness (QED) is 0.653. The van der Waals surface area contributed by atoms with Gasteiger partial charge in [-0.2, -0.15) is 0 Å². The second-order valence-corrected chi connectivity index (χ2v) is 5.61. The highest BCUT2D eigenvalue weighted by Gasteiger charge is 2.40. The van der Waals surface area contributed by atoms with Gasteiger partial charge in [0.25, 0.3) is 0 Å². The fourth-order valence-corrected chi connectivity index (χ4v) is 3.91. The van der Waals surface area contributed by atoms with Gasteiger partial charge in [0, 0.05) is 11.3 Å². The van der Waals surface area contributed by atoms with Crippen LogP contribution in [0.5, 0.6) is 0 Å². The first-order valence-corrected chi connectivity index (χ1v) is 6.78. The monoisotopic (exact) mass is 213 g/mol. The van der Waals surface area contributed by atoms with Gasteiger partial charge < -0.3 is 0 Å². The van der Waals surface area contributed by atoms with Crippen molar-refractivity contribution in [2.24, 2.45) is 0 Å². The van der Waals surface area contributed by atoms with Gasteiger partial charge in [-0.05, 0) is 19.1 Å². The summed E-state index contributed by atoms with van der Waals surface area (Å²) >= 11 is 0. The molecule has 0 aromatic carbocycles. The van der Waals surface area contributed by atoms with Gasteiger partial charge in [-0.25, -0.2) is 0 Å². The first kappa shape index (κ1) is 10.4. The van der Waals surface area contributed by atoms with Crippen LogP contribution in [-0.4, -0.2) is 11.7 Å². The summed E-state index contributed by atoms with van der Waals surface area (Å²) in [6.07, 6.45) is 8.68. The van der Waals surface area contributed by atoms with E-state index < -0.39 is 0 Å². The SMILES string of the molecule is Cc1cccc(B2C3CCCC2CCC3)n1. The Morgan fingerprint density at radius 1 is 1.06 bits per heavy atom. The maximum Gasteiger partial charge on any atom is 0.206 e. The second kappa shape index (κ2) is 4.23. The van der Waals surface area contributed by atoms with Gasteiger partial charge >= 0.3 is 0 Å². The number of hydrogen-bond donors (Lipinski definition) is 0. The number of aryl methyl sites for hydroxylation is 1. The van der Waals surface area contributed by atoms with E-state index in [1.54, 1.807) is 0 Å². The molecule has 0 atom stereocenters. The van der Waals surface area contributed by atoms with Crippen molar-refractivity contribution in [2.75, 3.05) is 0 Å². The number of aromatic nitrogens is 1. The van der Waals surface area contributed by atoms with Gasteiger partial charge in [0.1, 0.15) is 0 Å². The van der Waals surface area contributed by atoms with Gasteiger partial charge in [-0.3, -0.25) is 4.98 Å². The van der Waals surface area contributed by atoms with Crippen LogP contribution in [0.3, 0.4) is 0 Å². The minimum absolute atomic E-state index is 0.780. The van der Waals surface area contributed by atoms with Crippen LogP contribution in [-0.2, 0) is 0 Å². The van der Waals surface area contributed by atoms with Crippen molar-refractivity contribution in [1.29, 1.82) is 0 Å². The Morgan fingerprint density at radius 3 is 2.25 bits per heavy atom. The fraction of sp³-hybridized carbons (Fsp3) is 0.643. The smallest absolute Gasteiger partial charge is 0.206 e. The number of hydrogen-bond acceptors (Lipinski definition) is 1. The molecule has 0 N–H and O–H groups in total. The Morgan fingerprint density at radius 2 is 1.69 bits per heavy atom. The van der Waals surface area contributed by atoms with Crippen LogP contribution in [0.15, 0.2) is 18.2 Å². The van der Waals surface area contributed by atoms with E-state index in [4.69, 9.17) is 4.98 Å². The van der Waals surface area contributed by atoms with E-state index >= 15 is 0 Å². The first-order chi connectivity index (χ1) is 7.84. The summed E-state index contributed by atoms with van der Waals surface area (Å²) < 4.78 is 0. The number of fused-ring (bicyclic) bond motifs is 2. The van der Waals surface area contributed by atoms with Gasteiger partial charge in [-0.1, -0.05) is 56.2 Å². The summed E-state index contributed by atoms with van der Waals surface area (Å²) in [4.78, 5) is 4.78. The molecule has 0 saturated carbocycles. The van der Waals surface area contributed by atoms with Gasteiger partial charge in [0.05, 0.1) is 0 Å². The minimum atomic E-state index is 0.780. The average molecular weight is 213 g/mol. The summed E-state index contributed by atoms with van der Waals surface area (Å²) in [6.45, 7) is 2.89. The van der Waals surface area contributed by atoms with E-state index in [2.05, 4.69) is 25.1 Å². The first-order valence-electron chi connectivity index (χ1n) is 6.78. The molecule has 2 fully saturated rings. The van der Waals surface area contributed by atoms with Crippen molar-refractivity contribution in [3.05, 3.63) is 23.9 Å². The fourth-order valence-electron chi connectivity index (χ4n) is 3.91. The molecule has 0 unspecified atom stereocenters. The average Bonchev–Trinajstić information content (AvgIpc) is 2.28. The third-order valence-electron chi connectivity index (χ3n) is 4.57. The van der Waals surface area contributed by atoms with Crippen LogP contribution in [0, 0.1) is 6.92 Å². The van der Waals surface area contributed by atoms with Crippen LogP contribution in [0.25, 0.3) is 0 Å². The summed E-state index contributed by atoms with van der Waals surface area (Å²) in [7, 11) is 0. The molecule has 0 radical (unpaired) electrons. The molecular weight excluding hydrogens is 193 g/mol. The topological polar surface area (TPSA) is 12.9 Å². The zero-order valence-electron chi connectivity index (χ0n) is 10.2. The molecule has 2 bridgehead atoms. The zero-order chi connectivity index (χ0) is 11.0. The molecule has 0 amide bonds. The van der Waals surface area contributed by atoms with Crippen molar-refractivity contribution in [1.82, 2.24) is 4.98 Å². The zero-order valence-corrected chi connectivity index (χ0v) is 10.2. The Bertz CT molecular complexity index is 355. The third kappa shape index (κ3) is 1.79. The van der Waals surface area contributed by atoms with Crippen molar-refractivity contribution in [3.63, 3.8) is 0 Å². The van der Waals surface area contributed by atoms with E-state index in [0.29, 0.717) is 0 Å². The molecule has 2 heteroatoms. The molecular formula is C14H20BN. The van der Waals surface area contributed by atoms with Gasteiger partial charge in [-0.15, -0.1) is 0 Å². The van der Waals surface area contributed by atoms with E-state index in [0.717, 1.165) is 18.3 Å². The maximum absolute atomic E-state index is 4.78. The predicted molar refractivity (Wildman–Crippen MR) is 69.6 cm³/mol. The Labute approximate surface area is 98.7 Å². The maximum atomic E-state index is 4.78. The Kier molecular flexibility index (Phi) is 2.74. The lowest BCUT2D eigenvalue weighted by molar-refractivity contribution is 0.447. The van der Waals surface area contributed by atoms with Crippen molar-refractivity contribution >= 4 is 12.3 Å². The van der Waals surface area contributed by atoms with Gasteiger partial charge in [0.15, 0.2) is 0 Å². The molecule has 2 aliphatic heterocycles. The number of rotatable bonds is 1. The lowest BCUT2D eigenvalue weighted by atomic mass is 9.26.